The van der Waals surface area contributed by atoms with E-state index in [2.05, 4.69) is 24.9 Å². The van der Waals surface area contributed by atoms with Crippen LogP contribution < -0.4 is 5.73 Å². The highest BCUT2D eigenvalue weighted by Crippen LogP contribution is 2.11. The average molecular weight is 198 g/mol. The number of nitrogens with two attached hydrogens (primary N) is 1. The smallest absolute Gasteiger partial charge is 0.0960 e. The van der Waals surface area contributed by atoms with Gasteiger partial charge >= 0.3 is 0 Å². The Balaban J connectivity index is 4.38. The lowest BCUT2D eigenvalue weighted by Crippen LogP contribution is -2.06. The first-order valence-electron chi connectivity index (χ1n) is 5.10. The van der Waals surface area contributed by atoms with Crippen molar-refractivity contribution in [1.29, 1.82) is 0 Å². The predicted octanol–water partition coefficient (Wildman–Crippen LogP) is 2.33. The summed E-state index contributed by atoms with van der Waals surface area (Å²) in [6.07, 6.45) is 4.11. The Morgan fingerprint density at radius 3 is 2.64 bits per heavy atom. The molecule has 0 heterocycles. The second-order valence-electron chi connectivity index (χ2n) is 3.54. The molecule has 0 saturated heterocycles. The van der Waals surface area contributed by atoms with Crippen LogP contribution in [0.25, 0.3) is 0 Å². The molecule has 0 aliphatic heterocycles. The van der Waals surface area contributed by atoms with E-state index in [1.165, 1.54) is 0 Å². The number of aliphatic imine (C=N–C) groups is 1. The molecule has 0 aromatic heterocycles. The van der Waals surface area contributed by atoms with Crippen LogP contribution in [0.15, 0.2) is 16.8 Å². The number of allylic oxidation sites excluding steroid dienone is 1. The van der Waals surface area contributed by atoms with Gasteiger partial charge in [0.25, 0.3) is 0 Å². The normalized spacial score (nSPS) is 15.7. The quantitative estimate of drug-likeness (QED) is 0.526. The van der Waals surface area contributed by atoms with Crippen LogP contribution in [0, 0.1) is 5.92 Å². The number of hydrogen-bond donors (Lipinski definition) is 1. The topological polar surface area (TPSA) is 47.6 Å². The molecule has 14 heavy (non-hydrogen) atoms. The van der Waals surface area contributed by atoms with Crippen molar-refractivity contribution in [3.63, 3.8) is 0 Å². The summed E-state index contributed by atoms with van der Waals surface area (Å²) >= 11 is 0. The Morgan fingerprint density at radius 1 is 1.57 bits per heavy atom. The third-order valence-electron chi connectivity index (χ3n) is 2.00. The van der Waals surface area contributed by atoms with E-state index in [9.17, 15) is 0 Å². The van der Waals surface area contributed by atoms with Crippen LogP contribution in [-0.2, 0) is 4.74 Å². The molecular formula is C11H22N2O. The lowest BCUT2D eigenvalue weighted by molar-refractivity contribution is 0.201. The fourth-order valence-corrected chi connectivity index (χ4v) is 1.06. The molecule has 0 rings (SSSR count). The summed E-state index contributed by atoms with van der Waals surface area (Å²) in [5, 5.41) is 0. The molecule has 0 spiro atoms. The second-order valence-corrected chi connectivity index (χ2v) is 3.54. The Hall–Kier alpha value is -0.830. The highest BCUT2D eigenvalue weighted by molar-refractivity contribution is 5.78. The Bertz CT molecular complexity index is 205. The van der Waals surface area contributed by atoms with Crippen molar-refractivity contribution in [1.82, 2.24) is 0 Å². The molecule has 1 unspecified atom stereocenters. The van der Waals surface area contributed by atoms with E-state index in [4.69, 9.17) is 10.5 Å². The first kappa shape index (κ1) is 13.2. The van der Waals surface area contributed by atoms with Gasteiger partial charge in [0, 0.05) is 19.2 Å². The van der Waals surface area contributed by atoms with Crippen molar-refractivity contribution in [2.24, 2.45) is 16.6 Å². The van der Waals surface area contributed by atoms with Crippen LogP contribution in [0.5, 0.6) is 0 Å². The molecule has 0 aromatic carbocycles. The largest absolute Gasteiger partial charge is 0.387 e. The van der Waals surface area contributed by atoms with Gasteiger partial charge in [-0.1, -0.05) is 26.3 Å². The van der Waals surface area contributed by atoms with Crippen molar-refractivity contribution in [3.8, 4) is 0 Å². The third-order valence-corrected chi connectivity index (χ3v) is 2.00. The predicted molar refractivity (Wildman–Crippen MR) is 61.3 cm³/mol. The zero-order valence-electron chi connectivity index (χ0n) is 9.71. The standard InChI is InChI=1S/C11H22N2O/c1-5-9(2)8-11(6-7-14-4)13-10(3)12/h8-9H,5-7H2,1-4H3,(H2,12,13)/b11-8-. The maximum Gasteiger partial charge on any atom is 0.0960 e. The molecule has 1 atom stereocenters. The van der Waals surface area contributed by atoms with Crippen molar-refractivity contribution in [2.75, 3.05) is 13.7 Å². The lowest BCUT2D eigenvalue weighted by atomic mass is 10.1. The van der Waals surface area contributed by atoms with Crippen LogP contribution >= 0.6 is 0 Å². The van der Waals surface area contributed by atoms with E-state index in [1.54, 1.807) is 14.0 Å². The van der Waals surface area contributed by atoms with E-state index in [0.717, 1.165) is 18.5 Å². The molecule has 2 N–H and O–H groups in total. The highest BCUT2D eigenvalue weighted by atomic mass is 16.5. The molecule has 0 amide bonds. The first-order chi connectivity index (χ1) is 6.60. The summed E-state index contributed by atoms with van der Waals surface area (Å²) in [5.41, 5.74) is 6.58. The second kappa shape index (κ2) is 7.56. The maximum atomic E-state index is 5.55. The molecule has 3 nitrogen and oxygen atoms in total. The van der Waals surface area contributed by atoms with Crippen LogP contribution in [0.2, 0.25) is 0 Å². The summed E-state index contributed by atoms with van der Waals surface area (Å²) in [6, 6.07) is 0. The fraction of sp³-hybridized carbons (Fsp3) is 0.727. The Labute approximate surface area is 87.0 Å². The van der Waals surface area contributed by atoms with Gasteiger partial charge in [-0.05, 0) is 12.8 Å². The van der Waals surface area contributed by atoms with E-state index in [-0.39, 0.29) is 0 Å². The SMILES string of the molecule is CCC(C)/C=C(CCOC)\N=C(/C)N. The van der Waals surface area contributed by atoms with Crippen LogP contribution in [0.1, 0.15) is 33.6 Å². The molecule has 0 bridgehead atoms. The van der Waals surface area contributed by atoms with E-state index < -0.39 is 0 Å². The zero-order valence-corrected chi connectivity index (χ0v) is 9.71. The summed E-state index contributed by atoms with van der Waals surface area (Å²) < 4.78 is 5.02. The van der Waals surface area contributed by atoms with Crippen molar-refractivity contribution < 1.29 is 4.74 Å². The average Bonchev–Trinajstić information content (AvgIpc) is 2.13. The summed E-state index contributed by atoms with van der Waals surface area (Å²) in [4.78, 5) is 4.28. The fourth-order valence-electron chi connectivity index (χ4n) is 1.06. The Morgan fingerprint density at radius 2 is 2.21 bits per heavy atom. The van der Waals surface area contributed by atoms with Crippen LogP contribution in [0.3, 0.4) is 0 Å². The molecule has 0 radical (unpaired) electrons. The molecule has 0 aliphatic rings. The molecular weight excluding hydrogens is 176 g/mol. The van der Waals surface area contributed by atoms with Gasteiger partial charge in [0.2, 0.25) is 0 Å². The molecule has 82 valence electrons. The first-order valence-corrected chi connectivity index (χ1v) is 5.10. The number of ether oxygens (including phenoxy) is 1. The molecule has 0 aliphatic carbocycles. The van der Waals surface area contributed by atoms with E-state index in [0.29, 0.717) is 18.4 Å². The maximum absolute atomic E-state index is 5.55. The highest BCUT2D eigenvalue weighted by Gasteiger charge is 1.99. The van der Waals surface area contributed by atoms with Gasteiger partial charge in [-0.3, -0.25) is 0 Å². The van der Waals surface area contributed by atoms with Crippen molar-refractivity contribution in [3.05, 3.63) is 11.8 Å². The third kappa shape index (κ3) is 6.66. The van der Waals surface area contributed by atoms with Gasteiger partial charge in [-0.25, -0.2) is 4.99 Å². The van der Waals surface area contributed by atoms with Gasteiger partial charge in [-0.15, -0.1) is 0 Å². The number of amidine groups is 1. The van der Waals surface area contributed by atoms with Crippen molar-refractivity contribution in [2.45, 2.75) is 33.6 Å². The minimum Gasteiger partial charge on any atom is -0.387 e. The van der Waals surface area contributed by atoms with E-state index >= 15 is 0 Å². The van der Waals surface area contributed by atoms with Gasteiger partial charge in [0.15, 0.2) is 0 Å². The number of methoxy groups -OCH3 is 1. The van der Waals surface area contributed by atoms with E-state index in [1.807, 2.05) is 0 Å². The van der Waals surface area contributed by atoms with Crippen LogP contribution in [0.4, 0.5) is 0 Å². The van der Waals surface area contributed by atoms with Gasteiger partial charge < -0.3 is 10.5 Å². The summed E-state index contributed by atoms with van der Waals surface area (Å²) in [5.74, 6) is 1.15. The minimum absolute atomic E-state index is 0.546. The number of nitrogens with zero attached hydrogens (tertiary/aromatic N) is 1. The van der Waals surface area contributed by atoms with Gasteiger partial charge in [-0.2, -0.15) is 0 Å². The van der Waals surface area contributed by atoms with Crippen molar-refractivity contribution >= 4 is 5.84 Å². The zero-order chi connectivity index (χ0) is 11.0. The molecule has 3 heteroatoms. The number of hydrogen-bond acceptors (Lipinski definition) is 2. The number of rotatable bonds is 6. The molecule has 0 fully saturated rings. The molecule has 0 aromatic rings. The van der Waals surface area contributed by atoms with Crippen LogP contribution in [-0.4, -0.2) is 19.6 Å². The monoisotopic (exact) mass is 198 g/mol. The summed E-state index contributed by atoms with van der Waals surface area (Å²) in [6.45, 7) is 6.83. The lowest BCUT2D eigenvalue weighted by Gasteiger charge is -2.06. The molecule has 0 saturated carbocycles. The summed E-state index contributed by atoms with van der Waals surface area (Å²) in [7, 11) is 1.69. The van der Waals surface area contributed by atoms with Gasteiger partial charge in [0.1, 0.15) is 0 Å². The minimum atomic E-state index is 0.546. The van der Waals surface area contributed by atoms with Gasteiger partial charge in [0.05, 0.1) is 12.4 Å². The Kier molecular flexibility index (Phi) is 7.11.